The van der Waals surface area contributed by atoms with E-state index in [0.717, 1.165) is 19.1 Å². The molecule has 0 unspecified atom stereocenters. The molecule has 0 spiro atoms. The lowest BCUT2D eigenvalue weighted by Crippen LogP contribution is -2.28. The summed E-state index contributed by atoms with van der Waals surface area (Å²) in [4.78, 5) is 25.6. The van der Waals surface area contributed by atoms with E-state index in [4.69, 9.17) is 27.9 Å². The highest BCUT2D eigenvalue weighted by atomic mass is 35.5. The van der Waals surface area contributed by atoms with Crippen molar-refractivity contribution in [2.24, 2.45) is 0 Å². The Morgan fingerprint density at radius 2 is 1.68 bits per heavy atom. The van der Waals surface area contributed by atoms with Crippen LogP contribution in [0, 0.1) is 6.92 Å². The first-order valence-corrected chi connectivity index (χ1v) is 8.41. The molecule has 2 rings (SSSR count). The number of hydrogen-bond donors (Lipinski definition) is 0. The van der Waals surface area contributed by atoms with Crippen molar-refractivity contribution in [3.63, 3.8) is 0 Å². The Bertz CT molecular complexity index is 920. The van der Waals surface area contributed by atoms with Crippen LogP contribution in [-0.2, 0) is 25.2 Å². The first-order chi connectivity index (χ1) is 13.0. The lowest BCUT2D eigenvalue weighted by molar-refractivity contribution is -0.139. The first-order valence-electron chi connectivity index (χ1n) is 7.65. The van der Waals surface area contributed by atoms with E-state index in [-0.39, 0.29) is 32.6 Å². The average Bonchev–Trinajstić information content (AvgIpc) is 2.85. The van der Waals surface area contributed by atoms with Gasteiger partial charge in [-0.3, -0.25) is 0 Å². The first kappa shape index (κ1) is 21.8. The third kappa shape index (κ3) is 4.02. The van der Waals surface area contributed by atoms with Crippen LogP contribution in [0.25, 0.3) is 0 Å². The molecule has 0 N–H and O–H groups in total. The molecular weight excluding hydrogens is 422 g/mol. The highest BCUT2D eigenvalue weighted by Crippen LogP contribution is 2.45. The van der Waals surface area contributed by atoms with Crippen LogP contribution in [0.3, 0.4) is 0 Å². The second-order valence-corrected chi connectivity index (χ2v) is 6.29. The van der Waals surface area contributed by atoms with Crippen LogP contribution in [0.1, 0.15) is 11.1 Å². The summed E-state index contributed by atoms with van der Waals surface area (Å²) >= 11 is 12.1. The van der Waals surface area contributed by atoms with Gasteiger partial charge in [-0.25, -0.2) is 9.59 Å². The van der Waals surface area contributed by atoms with Crippen LogP contribution in [0.5, 0.6) is 0 Å². The van der Waals surface area contributed by atoms with Crippen molar-refractivity contribution in [2.75, 3.05) is 19.1 Å². The Morgan fingerprint density at radius 1 is 1.07 bits per heavy atom. The molecule has 28 heavy (non-hydrogen) atoms. The van der Waals surface area contributed by atoms with Gasteiger partial charge in [0, 0.05) is 6.20 Å². The fourth-order valence-electron chi connectivity index (χ4n) is 2.62. The van der Waals surface area contributed by atoms with Crippen LogP contribution in [0.15, 0.2) is 41.8 Å². The molecular formula is C18H14Cl2F3NO4. The van der Waals surface area contributed by atoms with E-state index in [1.807, 2.05) is 0 Å². The lowest BCUT2D eigenvalue weighted by atomic mass is 10.0. The van der Waals surface area contributed by atoms with Gasteiger partial charge in [-0.05, 0) is 30.7 Å². The Hall–Kier alpha value is -2.45. The normalized spacial score (nSPS) is 14.2. The molecule has 150 valence electrons. The number of hydrogen-bond acceptors (Lipinski definition) is 5. The Morgan fingerprint density at radius 3 is 2.21 bits per heavy atom. The number of methoxy groups -OCH3 is 2. The van der Waals surface area contributed by atoms with E-state index in [0.29, 0.717) is 6.07 Å². The zero-order chi connectivity index (χ0) is 21.2. The molecule has 0 saturated carbocycles. The van der Waals surface area contributed by atoms with Crippen LogP contribution in [-0.4, -0.2) is 26.2 Å². The van der Waals surface area contributed by atoms with Gasteiger partial charge in [0.15, 0.2) is 0 Å². The van der Waals surface area contributed by atoms with Gasteiger partial charge in [0.25, 0.3) is 0 Å². The summed E-state index contributed by atoms with van der Waals surface area (Å²) in [7, 11) is 2.16. The number of benzene rings is 1. The predicted octanol–water partition coefficient (Wildman–Crippen LogP) is 4.81. The van der Waals surface area contributed by atoms with Crippen molar-refractivity contribution in [3.05, 3.63) is 62.9 Å². The smallest absolute Gasteiger partial charge is 0.416 e. The van der Waals surface area contributed by atoms with E-state index < -0.39 is 23.7 Å². The number of anilines is 1. The summed E-state index contributed by atoms with van der Waals surface area (Å²) in [6.07, 6.45) is 0.633. The predicted molar refractivity (Wildman–Crippen MR) is 98.0 cm³/mol. The zero-order valence-corrected chi connectivity index (χ0v) is 16.4. The van der Waals surface area contributed by atoms with Crippen LogP contribution in [0.2, 0.25) is 10.0 Å². The molecule has 0 radical (unpaired) electrons. The number of carbonyl (C=O) groups excluding carboxylic acids is 2. The molecule has 0 aliphatic carbocycles. The van der Waals surface area contributed by atoms with Gasteiger partial charge in [-0.15, -0.1) is 0 Å². The van der Waals surface area contributed by atoms with E-state index in [2.05, 4.69) is 4.74 Å². The molecule has 0 amide bonds. The van der Waals surface area contributed by atoms with Crippen molar-refractivity contribution in [3.8, 4) is 0 Å². The maximum atomic E-state index is 13.4. The van der Waals surface area contributed by atoms with Crippen LogP contribution in [0.4, 0.5) is 18.9 Å². The van der Waals surface area contributed by atoms with Gasteiger partial charge >= 0.3 is 18.1 Å². The number of esters is 2. The molecule has 0 fully saturated rings. The second kappa shape index (κ2) is 8.28. The zero-order valence-electron chi connectivity index (χ0n) is 14.9. The van der Waals surface area contributed by atoms with E-state index >= 15 is 0 Å². The second-order valence-electron chi connectivity index (χ2n) is 5.51. The largest absolute Gasteiger partial charge is 0.465 e. The number of nitrogens with zero attached hydrogens (tertiary/aromatic N) is 1. The molecule has 1 aliphatic heterocycles. The van der Waals surface area contributed by atoms with Gasteiger partial charge in [-0.1, -0.05) is 29.3 Å². The molecule has 5 nitrogen and oxygen atoms in total. The highest BCUT2D eigenvalue weighted by molar-refractivity contribution is 6.44. The van der Waals surface area contributed by atoms with Gasteiger partial charge < -0.3 is 14.4 Å². The molecule has 1 aliphatic rings. The average molecular weight is 436 g/mol. The minimum absolute atomic E-state index is 0.219. The Labute approximate surface area is 168 Å². The van der Waals surface area contributed by atoms with E-state index in [1.54, 1.807) is 0 Å². The third-order valence-electron chi connectivity index (χ3n) is 3.88. The van der Waals surface area contributed by atoms with Crippen molar-refractivity contribution in [1.29, 1.82) is 0 Å². The monoisotopic (exact) mass is 435 g/mol. The van der Waals surface area contributed by atoms with Gasteiger partial charge in [0.1, 0.15) is 5.70 Å². The summed E-state index contributed by atoms with van der Waals surface area (Å²) in [6.45, 7) is 1.18. The van der Waals surface area contributed by atoms with E-state index in [9.17, 15) is 22.8 Å². The quantitative estimate of drug-likeness (QED) is 0.637. The number of ether oxygens (including phenoxy) is 2. The number of carbonyl (C=O) groups is 2. The molecule has 1 aromatic carbocycles. The SMILES string of the molecule is COC(=O)C1=C(C(=O)OC)N(c2c(C)c(C(F)(F)F)cc(Cl)c2Cl)C=CC=C1. The standard InChI is InChI=1S/C18H14Cl2F3NO4/c1-9-11(18(21,22)23)8-12(19)13(20)14(9)24-7-5-4-6-10(16(25)27-2)15(24)17(26)28-3/h4-8H,1-3H3. The molecule has 0 saturated heterocycles. The molecule has 0 atom stereocenters. The Kier molecular flexibility index (Phi) is 6.46. The fraction of sp³-hybridized carbons (Fsp3) is 0.222. The van der Waals surface area contributed by atoms with Crippen molar-refractivity contribution in [2.45, 2.75) is 13.1 Å². The van der Waals surface area contributed by atoms with Crippen molar-refractivity contribution < 1.29 is 32.2 Å². The van der Waals surface area contributed by atoms with Crippen LogP contribution >= 0.6 is 23.2 Å². The maximum Gasteiger partial charge on any atom is 0.416 e. The number of rotatable bonds is 3. The third-order valence-corrected chi connectivity index (χ3v) is 4.66. The fourth-order valence-corrected chi connectivity index (χ4v) is 3.11. The topological polar surface area (TPSA) is 55.8 Å². The number of halogens is 5. The van der Waals surface area contributed by atoms with Gasteiger partial charge in [0.05, 0.1) is 41.1 Å². The summed E-state index contributed by atoms with van der Waals surface area (Å²) in [5, 5.41) is -0.603. The van der Waals surface area contributed by atoms with Crippen molar-refractivity contribution >= 4 is 40.8 Å². The maximum absolute atomic E-state index is 13.4. The Balaban J connectivity index is 2.90. The molecule has 0 bridgehead atoms. The summed E-state index contributed by atoms with van der Waals surface area (Å²) in [6, 6.07) is 0.700. The minimum atomic E-state index is -4.72. The summed E-state index contributed by atoms with van der Waals surface area (Å²) < 4.78 is 49.7. The van der Waals surface area contributed by atoms with Gasteiger partial charge in [-0.2, -0.15) is 13.2 Å². The minimum Gasteiger partial charge on any atom is -0.465 e. The highest BCUT2D eigenvalue weighted by Gasteiger charge is 2.37. The van der Waals surface area contributed by atoms with Crippen molar-refractivity contribution in [1.82, 2.24) is 0 Å². The lowest BCUT2D eigenvalue weighted by Gasteiger charge is -2.27. The van der Waals surface area contributed by atoms with Gasteiger partial charge in [0.2, 0.25) is 0 Å². The number of alkyl halides is 3. The molecule has 0 aromatic heterocycles. The van der Waals surface area contributed by atoms with E-state index in [1.165, 1.54) is 31.4 Å². The molecule has 1 aromatic rings. The summed E-state index contributed by atoms with van der Waals surface area (Å²) in [5.41, 5.74) is -2.16. The number of allylic oxidation sites excluding steroid dienone is 2. The molecule has 10 heteroatoms. The molecule has 1 heterocycles. The summed E-state index contributed by atoms with van der Waals surface area (Å²) in [5.74, 6) is -1.88. The van der Waals surface area contributed by atoms with Crippen LogP contribution < -0.4 is 4.90 Å².